The number of carbonyl (C=O) groups is 2. The number of imidazole rings is 1. The van der Waals surface area contributed by atoms with Crippen LogP contribution in [0.2, 0.25) is 0 Å². The number of allylic oxidation sites excluding steroid dienone is 1. The number of hydrogen-bond acceptors (Lipinski definition) is 4. The first-order valence-electron chi connectivity index (χ1n) is 11.1. The minimum absolute atomic E-state index is 0.152. The summed E-state index contributed by atoms with van der Waals surface area (Å²) in [6, 6.07) is 5.06. The number of fused-ring (bicyclic) bond motifs is 1. The number of benzene rings is 1. The average molecular weight is 457 g/mol. The third-order valence-electron chi connectivity index (χ3n) is 6.03. The van der Waals surface area contributed by atoms with E-state index < -0.39 is 6.04 Å². The molecule has 0 bridgehead atoms. The summed E-state index contributed by atoms with van der Waals surface area (Å²) < 4.78 is 5.33. The number of ether oxygens (including phenoxy) is 1. The monoisotopic (exact) mass is 456 g/mol. The van der Waals surface area contributed by atoms with E-state index in [4.69, 9.17) is 16.3 Å². The highest BCUT2D eigenvalue weighted by molar-refractivity contribution is 6.31. The van der Waals surface area contributed by atoms with Gasteiger partial charge in [0.1, 0.15) is 11.9 Å². The molecular weight excluding hydrogens is 428 g/mol. The zero-order valence-electron chi connectivity index (χ0n) is 18.5. The Balaban J connectivity index is 1.52. The second-order valence-electron chi connectivity index (χ2n) is 8.42. The van der Waals surface area contributed by atoms with E-state index in [9.17, 15) is 9.59 Å². The van der Waals surface area contributed by atoms with Crippen molar-refractivity contribution in [1.82, 2.24) is 15.3 Å². The molecule has 1 aromatic heterocycles. The molecule has 2 aliphatic rings. The van der Waals surface area contributed by atoms with Gasteiger partial charge in [-0.2, -0.15) is 0 Å². The van der Waals surface area contributed by atoms with E-state index in [2.05, 4.69) is 15.3 Å². The summed E-state index contributed by atoms with van der Waals surface area (Å²) >= 11 is 6.15. The zero-order chi connectivity index (χ0) is 22.7. The molecule has 1 atom stereocenters. The molecule has 1 aliphatic heterocycles. The number of anilines is 1. The standard InChI is InChI=1S/C24H29ClN4O3/c1-15-12-16(7-10-21(15)29-11-5-3-4-6-22(29)30)24(31)28-20(14-32-2)23-26-18-9-8-17(25)13-19(18)27-23/h7,10,12-13,20H,3-6,8-9,11,14H2,1-2H3,(H,26,27)(H,28,31)/t20-/m0/s1. The van der Waals surface area contributed by atoms with Crippen LogP contribution in [0.4, 0.5) is 5.69 Å². The highest BCUT2D eigenvalue weighted by Gasteiger charge is 2.24. The van der Waals surface area contributed by atoms with Gasteiger partial charge in [-0.1, -0.05) is 18.0 Å². The molecule has 7 nitrogen and oxygen atoms in total. The predicted octanol–water partition coefficient (Wildman–Crippen LogP) is 4.27. The van der Waals surface area contributed by atoms with Crippen LogP contribution in [0.5, 0.6) is 0 Å². The van der Waals surface area contributed by atoms with E-state index in [0.717, 1.165) is 66.3 Å². The average Bonchev–Trinajstić information content (AvgIpc) is 3.07. The Hall–Kier alpha value is -2.64. The third kappa shape index (κ3) is 4.89. The number of H-pyrrole nitrogens is 1. The maximum absolute atomic E-state index is 13.0. The molecule has 0 radical (unpaired) electrons. The van der Waals surface area contributed by atoms with Crippen LogP contribution in [0.25, 0.3) is 6.08 Å². The molecule has 170 valence electrons. The van der Waals surface area contributed by atoms with Crippen molar-refractivity contribution in [3.63, 3.8) is 0 Å². The molecule has 1 aromatic carbocycles. The smallest absolute Gasteiger partial charge is 0.251 e. The van der Waals surface area contributed by atoms with Crippen molar-refractivity contribution >= 4 is 35.2 Å². The van der Waals surface area contributed by atoms with Crippen LogP contribution in [-0.4, -0.2) is 42.0 Å². The van der Waals surface area contributed by atoms with E-state index in [1.807, 2.05) is 30.0 Å². The number of carbonyl (C=O) groups excluding carboxylic acids is 2. The van der Waals surface area contributed by atoms with E-state index in [1.54, 1.807) is 13.2 Å². The molecule has 0 unspecified atom stereocenters. The van der Waals surface area contributed by atoms with Crippen LogP contribution >= 0.6 is 11.6 Å². The Bertz CT molecular complexity index is 1050. The normalized spacial score (nSPS) is 17.4. The lowest BCUT2D eigenvalue weighted by Gasteiger charge is -2.23. The SMILES string of the molecule is COC[C@H](NC(=O)c1ccc(N2CCCCCC2=O)c(C)c1)c1nc2c([nH]1)CCC(Cl)=C2. The molecule has 2 amide bonds. The lowest BCUT2D eigenvalue weighted by atomic mass is 10.1. The number of hydrogen-bond donors (Lipinski definition) is 2. The third-order valence-corrected chi connectivity index (χ3v) is 6.33. The number of aromatic nitrogens is 2. The first kappa shape index (κ1) is 22.6. The maximum Gasteiger partial charge on any atom is 0.251 e. The lowest BCUT2D eigenvalue weighted by Crippen LogP contribution is -2.33. The molecule has 0 spiro atoms. The van der Waals surface area contributed by atoms with Crippen LogP contribution < -0.4 is 10.2 Å². The van der Waals surface area contributed by atoms with Crippen LogP contribution in [0.15, 0.2) is 23.2 Å². The van der Waals surface area contributed by atoms with Gasteiger partial charge in [-0.3, -0.25) is 9.59 Å². The largest absolute Gasteiger partial charge is 0.382 e. The van der Waals surface area contributed by atoms with E-state index in [1.165, 1.54) is 0 Å². The summed E-state index contributed by atoms with van der Waals surface area (Å²) in [4.78, 5) is 35.3. The van der Waals surface area contributed by atoms with Crippen molar-refractivity contribution in [2.45, 2.75) is 51.5 Å². The quantitative estimate of drug-likeness (QED) is 0.679. The lowest BCUT2D eigenvalue weighted by molar-refractivity contribution is -0.118. The van der Waals surface area contributed by atoms with Gasteiger partial charge < -0.3 is 19.9 Å². The van der Waals surface area contributed by atoms with Gasteiger partial charge >= 0.3 is 0 Å². The summed E-state index contributed by atoms with van der Waals surface area (Å²) in [6.07, 6.45) is 7.02. The number of rotatable bonds is 6. The van der Waals surface area contributed by atoms with E-state index in [-0.39, 0.29) is 18.4 Å². The fourth-order valence-electron chi connectivity index (χ4n) is 4.32. The minimum Gasteiger partial charge on any atom is -0.382 e. The Kier molecular flexibility index (Phi) is 6.96. The molecule has 1 aliphatic carbocycles. The number of aromatic amines is 1. The van der Waals surface area contributed by atoms with E-state index in [0.29, 0.717) is 17.8 Å². The highest BCUT2D eigenvalue weighted by atomic mass is 35.5. The number of nitrogens with one attached hydrogen (secondary N) is 2. The number of amides is 2. The van der Waals surface area contributed by atoms with Gasteiger partial charge in [0.2, 0.25) is 5.91 Å². The highest BCUT2D eigenvalue weighted by Crippen LogP contribution is 2.27. The zero-order valence-corrected chi connectivity index (χ0v) is 19.3. The maximum atomic E-state index is 13.0. The van der Waals surface area contributed by atoms with Gasteiger partial charge in [-0.25, -0.2) is 4.98 Å². The van der Waals surface area contributed by atoms with Crippen molar-refractivity contribution in [3.8, 4) is 0 Å². The molecule has 2 N–H and O–H groups in total. The van der Waals surface area contributed by atoms with Crippen molar-refractivity contribution in [1.29, 1.82) is 0 Å². The molecule has 4 rings (SSSR count). The van der Waals surface area contributed by atoms with Crippen molar-refractivity contribution < 1.29 is 14.3 Å². The predicted molar refractivity (Wildman–Crippen MR) is 125 cm³/mol. The molecule has 32 heavy (non-hydrogen) atoms. The Labute approximate surface area is 193 Å². The summed E-state index contributed by atoms with van der Waals surface area (Å²) in [5.74, 6) is 0.585. The van der Waals surface area contributed by atoms with Gasteiger partial charge in [-0.05, 0) is 62.4 Å². The van der Waals surface area contributed by atoms with Crippen LogP contribution in [0, 0.1) is 6.92 Å². The van der Waals surface area contributed by atoms with Crippen molar-refractivity contribution in [3.05, 3.63) is 51.6 Å². The number of aryl methyl sites for hydroxylation is 2. The first-order chi connectivity index (χ1) is 15.5. The number of methoxy groups -OCH3 is 1. The molecule has 8 heteroatoms. The second-order valence-corrected chi connectivity index (χ2v) is 8.90. The summed E-state index contributed by atoms with van der Waals surface area (Å²) in [7, 11) is 1.59. The molecule has 2 aromatic rings. The fraction of sp³-hybridized carbons (Fsp3) is 0.458. The van der Waals surface area contributed by atoms with Gasteiger partial charge in [0.15, 0.2) is 0 Å². The Morgan fingerprint density at radius 2 is 2.12 bits per heavy atom. The van der Waals surface area contributed by atoms with Gasteiger partial charge in [0.25, 0.3) is 5.91 Å². The molecule has 1 fully saturated rings. The van der Waals surface area contributed by atoms with Gasteiger partial charge in [0, 0.05) is 42.1 Å². The molecule has 2 heterocycles. The Morgan fingerprint density at radius 1 is 1.28 bits per heavy atom. The van der Waals surface area contributed by atoms with Crippen LogP contribution in [0.3, 0.4) is 0 Å². The molecule has 1 saturated heterocycles. The second kappa shape index (κ2) is 9.88. The first-order valence-corrected chi connectivity index (χ1v) is 11.5. The van der Waals surface area contributed by atoms with E-state index >= 15 is 0 Å². The number of halogens is 1. The minimum atomic E-state index is -0.419. The summed E-state index contributed by atoms with van der Waals surface area (Å²) in [5.41, 5.74) is 4.15. The van der Waals surface area contributed by atoms with Gasteiger partial charge in [0.05, 0.1) is 12.3 Å². The topological polar surface area (TPSA) is 87.3 Å². The van der Waals surface area contributed by atoms with Crippen molar-refractivity contribution in [2.24, 2.45) is 0 Å². The number of nitrogens with zero attached hydrogens (tertiary/aromatic N) is 2. The summed E-state index contributed by atoms with van der Waals surface area (Å²) in [6.45, 7) is 2.95. The van der Waals surface area contributed by atoms with Crippen LogP contribution in [0.1, 0.15) is 71.3 Å². The molecular formula is C24H29ClN4O3. The van der Waals surface area contributed by atoms with Crippen LogP contribution in [-0.2, 0) is 16.0 Å². The fourth-order valence-corrected chi connectivity index (χ4v) is 4.52. The summed E-state index contributed by atoms with van der Waals surface area (Å²) in [5, 5.41) is 3.80. The Morgan fingerprint density at radius 3 is 2.91 bits per heavy atom. The molecule has 0 saturated carbocycles. The van der Waals surface area contributed by atoms with Gasteiger partial charge in [-0.15, -0.1) is 0 Å². The van der Waals surface area contributed by atoms with Crippen molar-refractivity contribution in [2.75, 3.05) is 25.2 Å².